The van der Waals surface area contributed by atoms with Crippen LogP contribution in [0.15, 0.2) is 60.2 Å². The monoisotopic (exact) mass is 433 g/mol. The third-order valence-electron chi connectivity index (χ3n) is 4.91. The summed E-state index contributed by atoms with van der Waals surface area (Å²) in [7, 11) is -0.161. The molecule has 1 heterocycles. The van der Waals surface area contributed by atoms with Crippen molar-refractivity contribution in [1.82, 2.24) is 0 Å². The second-order valence-corrected chi connectivity index (χ2v) is 9.70. The van der Waals surface area contributed by atoms with Crippen LogP contribution in [0.4, 0.5) is 4.39 Å². The molecule has 29 heavy (non-hydrogen) atoms. The van der Waals surface area contributed by atoms with Crippen LogP contribution < -0.4 is 5.73 Å². The third kappa shape index (κ3) is 3.53. The van der Waals surface area contributed by atoms with Gasteiger partial charge < -0.3 is 14.7 Å². The highest BCUT2D eigenvalue weighted by molar-refractivity contribution is 7.90. The maximum atomic E-state index is 13.7. The Kier molecular flexibility index (Phi) is 5.25. The predicted octanol–water partition coefficient (Wildman–Crippen LogP) is -0.585. The first-order valence-corrected chi connectivity index (χ1v) is 10.4. The number of hydrogen-bond acceptors (Lipinski definition) is 6. The van der Waals surface area contributed by atoms with Crippen molar-refractivity contribution in [2.24, 2.45) is 5.73 Å². The Labute approximate surface area is 175 Å². The van der Waals surface area contributed by atoms with E-state index < -0.39 is 43.4 Å². The fraction of sp³-hybridized carbons (Fsp3) is 0.118. The minimum atomic E-state index is -4.36. The maximum absolute atomic E-state index is 13.7. The highest BCUT2D eigenvalue weighted by Crippen LogP contribution is 2.40. The standard InChI is InChI=1S/C17H16B3ClFNO5S/c18-16(11-8-10(22)6-7-12(11)21)14(24)13(15(23)27-16)28-29(25,26)17(19,20)9-4-2-1-3-5-9/h1-8H,18-20,23H2/t16-/m1/s1. The van der Waals surface area contributed by atoms with Gasteiger partial charge in [0.05, 0.1) is 4.55 Å². The Hall–Kier alpha value is -2.39. The Morgan fingerprint density at radius 2 is 1.79 bits per heavy atom. The van der Waals surface area contributed by atoms with E-state index in [4.69, 9.17) is 26.3 Å². The largest absolute Gasteiger partial charge is 0.467 e. The zero-order valence-corrected chi connectivity index (χ0v) is 17.5. The zero-order valence-electron chi connectivity index (χ0n) is 15.9. The molecule has 0 spiro atoms. The van der Waals surface area contributed by atoms with Crippen molar-refractivity contribution in [2.75, 3.05) is 0 Å². The van der Waals surface area contributed by atoms with Crippen molar-refractivity contribution >= 4 is 51.0 Å². The summed E-state index contributed by atoms with van der Waals surface area (Å²) >= 11 is 6.10. The lowest BCUT2D eigenvalue weighted by molar-refractivity contribution is -0.126. The Bertz CT molecular complexity index is 1130. The number of hydrogen-bond donors (Lipinski definition) is 1. The summed E-state index contributed by atoms with van der Waals surface area (Å²) in [5, 5.41) is 0.0590. The molecule has 0 aromatic heterocycles. The van der Waals surface area contributed by atoms with Crippen LogP contribution in [-0.2, 0) is 33.9 Å². The van der Waals surface area contributed by atoms with Crippen LogP contribution in [0.1, 0.15) is 11.1 Å². The van der Waals surface area contributed by atoms with Crippen LogP contribution in [0, 0.1) is 5.82 Å². The molecule has 2 aromatic rings. The molecule has 12 heteroatoms. The van der Waals surface area contributed by atoms with Crippen LogP contribution in [0.2, 0.25) is 5.02 Å². The summed E-state index contributed by atoms with van der Waals surface area (Å²) in [5.74, 6) is -2.72. The first-order valence-electron chi connectivity index (χ1n) is 8.59. The average Bonchev–Trinajstić information content (AvgIpc) is 2.88. The molecule has 0 unspecified atom stereocenters. The maximum Gasteiger partial charge on any atom is 0.304 e. The molecule has 0 saturated heterocycles. The predicted molar refractivity (Wildman–Crippen MR) is 114 cm³/mol. The SMILES string of the molecule is BC(B)(c1ccccc1)S(=O)(=O)OC1=C(N)O[C@](B)(c2cc(F)ccc2Cl)C1=O. The van der Waals surface area contributed by atoms with E-state index in [2.05, 4.69) is 0 Å². The van der Waals surface area contributed by atoms with E-state index in [-0.39, 0.29) is 10.6 Å². The van der Waals surface area contributed by atoms with Gasteiger partial charge in [-0.25, -0.2) is 4.39 Å². The number of ketones is 1. The average molecular weight is 433 g/mol. The Morgan fingerprint density at radius 1 is 1.17 bits per heavy atom. The van der Waals surface area contributed by atoms with Crippen LogP contribution in [0.5, 0.6) is 0 Å². The molecular weight excluding hydrogens is 417 g/mol. The van der Waals surface area contributed by atoms with Gasteiger partial charge in [0.25, 0.3) is 0 Å². The molecule has 1 aliphatic heterocycles. The number of halogens is 2. The molecule has 3 rings (SSSR count). The van der Waals surface area contributed by atoms with E-state index in [9.17, 15) is 17.6 Å². The normalized spacial score (nSPS) is 19.9. The molecule has 0 fully saturated rings. The van der Waals surface area contributed by atoms with E-state index >= 15 is 0 Å². The van der Waals surface area contributed by atoms with Gasteiger partial charge in [0.2, 0.25) is 17.4 Å². The summed E-state index contributed by atoms with van der Waals surface area (Å²) in [6.45, 7) is 0. The fourth-order valence-corrected chi connectivity index (χ4v) is 4.27. The summed E-state index contributed by atoms with van der Waals surface area (Å²) in [6.07, 6.45) is 0. The molecule has 0 aliphatic carbocycles. The molecule has 6 nitrogen and oxygen atoms in total. The number of carbonyl (C=O) groups is 1. The lowest BCUT2D eigenvalue weighted by Gasteiger charge is -2.26. The number of Topliss-reactive ketones (excluding diaryl/α,β-unsaturated/α-hetero) is 1. The van der Waals surface area contributed by atoms with Crippen LogP contribution in [0.3, 0.4) is 0 Å². The van der Waals surface area contributed by atoms with Crippen molar-refractivity contribution in [3.8, 4) is 0 Å². The van der Waals surface area contributed by atoms with Crippen molar-refractivity contribution in [3.05, 3.63) is 82.1 Å². The van der Waals surface area contributed by atoms with Crippen molar-refractivity contribution in [3.63, 3.8) is 0 Å². The van der Waals surface area contributed by atoms with Gasteiger partial charge in [-0.05, 0) is 23.8 Å². The molecule has 0 amide bonds. The van der Waals surface area contributed by atoms with E-state index in [0.717, 1.165) is 12.1 Å². The van der Waals surface area contributed by atoms with E-state index in [1.165, 1.54) is 29.6 Å². The Balaban J connectivity index is 1.97. The van der Waals surface area contributed by atoms with E-state index in [1.54, 1.807) is 30.3 Å². The molecule has 0 bridgehead atoms. The summed E-state index contributed by atoms with van der Waals surface area (Å²) in [5.41, 5.74) is 4.41. The van der Waals surface area contributed by atoms with Crippen molar-refractivity contribution in [2.45, 2.75) is 10.0 Å². The first-order chi connectivity index (χ1) is 13.4. The van der Waals surface area contributed by atoms with E-state index in [1.807, 2.05) is 0 Å². The molecular formula is C17H16B3ClFNO5S. The number of nitrogens with two attached hydrogens (primary N) is 1. The number of ether oxygens (including phenoxy) is 1. The molecule has 1 atom stereocenters. The van der Waals surface area contributed by atoms with Gasteiger partial charge in [0.1, 0.15) is 21.5 Å². The van der Waals surface area contributed by atoms with Gasteiger partial charge in [0.15, 0.2) is 13.3 Å². The summed E-state index contributed by atoms with van der Waals surface area (Å²) < 4.78 is 48.7. The van der Waals surface area contributed by atoms with Crippen LogP contribution in [0.25, 0.3) is 0 Å². The van der Waals surface area contributed by atoms with Crippen LogP contribution >= 0.6 is 11.6 Å². The van der Waals surface area contributed by atoms with Crippen molar-refractivity contribution in [1.29, 1.82) is 0 Å². The second kappa shape index (κ2) is 7.14. The molecule has 2 aromatic carbocycles. The van der Waals surface area contributed by atoms with Gasteiger partial charge in [-0.2, -0.15) is 8.42 Å². The third-order valence-corrected chi connectivity index (χ3v) is 7.11. The molecule has 0 saturated carbocycles. The number of benzene rings is 2. The number of carbonyl (C=O) groups excluding carboxylic acids is 1. The molecule has 148 valence electrons. The van der Waals surface area contributed by atoms with Gasteiger partial charge in [-0.3, -0.25) is 4.79 Å². The molecule has 0 radical (unpaired) electrons. The van der Waals surface area contributed by atoms with Crippen molar-refractivity contribution < 1.29 is 26.5 Å². The number of rotatable bonds is 5. The van der Waals surface area contributed by atoms with Crippen LogP contribution in [-0.4, -0.2) is 37.7 Å². The summed E-state index contributed by atoms with van der Waals surface area (Å²) in [6, 6.07) is 11.8. The lowest BCUT2D eigenvalue weighted by Crippen LogP contribution is -2.40. The van der Waals surface area contributed by atoms with Gasteiger partial charge in [0, 0.05) is 10.6 Å². The minimum absolute atomic E-state index is 0.00503. The Morgan fingerprint density at radius 3 is 2.41 bits per heavy atom. The highest BCUT2D eigenvalue weighted by atomic mass is 35.5. The first kappa shape index (κ1) is 21.3. The van der Waals surface area contributed by atoms with Gasteiger partial charge in [-0.1, -0.05) is 41.9 Å². The second-order valence-electron chi connectivity index (χ2n) is 7.20. The molecule has 1 aliphatic rings. The lowest BCUT2D eigenvalue weighted by atomic mass is 9.65. The topological polar surface area (TPSA) is 95.7 Å². The van der Waals surface area contributed by atoms with Gasteiger partial charge >= 0.3 is 10.1 Å². The smallest absolute Gasteiger partial charge is 0.304 e. The zero-order chi connectivity index (χ0) is 21.6. The fourth-order valence-electron chi connectivity index (χ4n) is 2.96. The highest BCUT2D eigenvalue weighted by Gasteiger charge is 2.51. The molecule has 2 N–H and O–H groups in total. The van der Waals surface area contributed by atoms with E-state index in [0.29, 0.717) is 5.56 Å². The quantitative estimate of drug-likeness (QED) is 0.501. The van der Waals surface area contributed by atoms with Gasteiger partial charge in [-0.15, -0.1) is 0 Å². The summed E-state index contributed by atoms with van der Waals surface area (Å²) in [4.78, 5) is 13.0. The minimum Gasteiger partial charge on any atom is -0.467 e.